The molecule has 0 saturated carbocycles. The quantitative estimate of drug-likeness (QED) is 0.586. The third-order valence-corrected chi connectivity index (χ3v) is 1.88. The Hall–Kier alpha value is -0.530. The van der Waals surface area contributed by atoms with Crippen LogP contribution < -0.4 is 0 Å². The summed E-state index contributed by atoms with van der Waals surface area (Å²) in [6, 6.07) is 0. The van der Waals surface area contributed by atoms with Crippen molar-refractivity contribution in [3.63, 3.8) is 0 Å². The second-order valence-electron chi connectivity index (χ2n) is 2.66. The van der Waals surface area contributed by atoms with E-state index < -0.39 is 0 Å². The predicted octanol–water partition coefficient (Wildman–Crippen LogP) is 1.51. The van der Waals surface area contributed by atoms with Gasteiger partial charge < -0.3 is 4.90 Å². The van der Waals surface area contributed by atoms with Gasteiger partial charge in [-0.15, -0.1) is 0 Å². The van der Waals surface area contributed by atoms with Crippen LogP contribution in [0.4, 0.5) is 0 Å². The average molecular weight is 143 g/mol. The molecule has 0 heterocycles. The number of carbonyl (C=O) groups excluding carboxylic acids is 1. The molecule has 0 radical (unpaired) electrons. The lowest BCUT2D eigenvalue weighted by Gasteiger charge is -2.18. The van der Waals surface area contributed by atoms with Crippen LogP contribution in [0, 0.1) is 5.92 Å². The number of nitrogens with zero attached hydrogens (tertiary/aromatic N) is 1. The van der Waals surface area contributed by atoms with Gasteiger partial charge in [0.25, 0.3) is 0 Å². The van der Waals surface area contributed by atoms with Crippen LogP contribution in [0.1, 0.15) is 27.2 Å². The Morgan fingerprint density at radius 3 is 2.30 bits per heavy atom. The van der Waals surface area contributed by atoms with E-state index in [-0.39, 0.29) is 11.8 Å². The van der Waals surface area contributed by atoms with Crippen molar-refractivity contribution in [2.75, 3.05) is 13.6 Å². The topological polar surface area (TPSA) is 20.3 Å². The van der Waals surface area contributed by atoms with Crippen LogP contribution >= 0.6 is 0 Å². The summed E-state index contributed by atoms with van der Waals surface area (Å²) < 4.78 is 0. The summed E-state index contributed by atoms with van der Waals surface area (Å²) in [6.45, 7) is 6.80. The van der Waals surface area contributed by atoms with Gasteiger partial charge in [0.1, 0.15) is 0 Å². The Morgan fingerprint density at radius 2 is 2.00 bits per heavy atom. The summed E-state index contributed by atoms with van der Waals surface area (Å²) in [6.07, 6.45) is 0.934. The molecular formula is C8H17NO. The molecule has 0 bridgehead atoms. The molecule has 2 nitrogen and oxygen atoms in total. The molecule has 2 heteroatoms. The monoisotopic (exact) mass is 143 g/mol. The summed E-state index contributed by atoms with van der Waals surface area (Å²) in [4.78, 5) is 13.0. The first kappa shape index (κ1) is 9.47. The lowest BCUT2D eigenvalue weighted by atomic mass is 10.1. The van der Waals surface area contributed by atoms with Gasteiger partial charge >= 0.3 is 0 Å². The molecule has 0 rings (SSSR count). The van der Waals surface area contributed by atoms with Crippen molar-refractivity contribution in [2.45, 2.75) is 27.2 Å². The maximum absolute atomic E-state index is 11.2. The molecule has 0 aliphatic rings. The highest BCUT2D eigenvalue weighted by molar-refractivity contribution is 5.78. The van der Waals surface area contributed by atoms with Crippen molar-refractivity contribution >= 4 is 5.91 Å². The van der Waals surface area contributed by atoms with E-state index in [4.69, 9.17) is 0 Å². The molecule has 1 unspecified atom stereocenters. The Labute approximate surface area is 63.2 Å². The van der Waals surface area contributed by atoms with Crippen molar-refractivity contribution in [2.24, 2.45) is 5.92 Å². The third-order valence-electron chi connectivity index (χ3n) is 1.88. The minimum atomic E-state index is 0.185. The number of hydrogen-bond acceptors (Lipinski definition) is 1. The van der Waals surface area contributed by atoms with E-state index in [1.807, 2.05) is 27.8 Å². The lowest BCUT2D eigenvalue weighted by Crippen LogP contribution is -2.30. The Bertz CT molecular complexity index is 99.8. The fourth-order valence-corrected chi connectivity index (χ4v) is 0.707. The Kier molecular flexibility index (Phi) is 4.08. The van der Waals surface area contributed by atoms with Crippen LogP contribution in [0.2, 0.25) is 0 Å². The van der Waals surface area contributed by atoms with Crippen molar-refractivity contribution < 1.29 is 4.79 Å². The van der Waals surface area contributed by atoms with Gasteiger partial charge in [-0.1, -0.05) is 13.8 Å². The van der Waals surface area contributed by atoms with E-state index in [2.05, 4.69) is 0 Å². The van der Waals surface area contributed by atoms with E-state index >= 15 is 0 Å². The average Bonchev–Trinajstić information content (AvgIpc) is 2.00. The van der Waals surface area contributed by atoms with E-state index in [1.54, 1.807) is 4.90 Å². The van der Waals surface area contributed by atoms with E-state index in [0.717, 1.165) is 13.0 Å². The van der Waals surface area contributed by atoms with Gasteiger partial charge in [-0.3, -0.25) is 4.79 Å². The SMILES string of the molecule is CCC(C)C(=O)N(C)CC. The summed E-state index contributed by atoms with van der Waals surface area (Å²) in [5.41, 5.74) is 0. The molecule has 0 aromatic carbocycles. The highest BCUT2D eigenvalue weighted by Gasteiger charge is 2.12. The first-order valence-corrected chi connectivity index (χ1v) is 3.88. The van der Waals surface area contributed by atoms with Crippen LogP contribution in [0.3, 0.4) is 0 Å². The van der Waals surface area contributed by atoms with Gasteiger partial charge in [0.15, 0.2) is 0 Å². The molecule has 10 heavy (non-hydrogen) atoms. The van der Waals surface area contributed by atoms with Gasteiger partial charge in [0, 0.05) is 19.5 Å². The van der Waals surface area contributed by atoms with Crippen molar-refractivity contribution in [1.82, 2.24) is 4.90 Å². The molecule has 60 valence electrons. The Morgan fingerprint density at radius 1 is 1.50 bits per heavy atom. The van der Waals surface area contributed by atoms with Gasteiger partial charge in [0.2, 0.25) is 5.91 Å². The van der Waals surface area contributed by atoms with E-state index in [0.29, 0.717) is 0 Å². The highest BCUT2D eigenvalue weighted by Crippen LogP contribution is 2.03. The zero-order valence-electron chi connectivity index (χ0n) is 7.35. The zero-order valence-corrected chi connectivity index (χ0v) is 7.35. The molecule has 0 fully saturated rings. The minimum absolute atomic E-state index is 0.185. The molecular weight excluding hydrogens is 126 g/mol. The second kappa shape index (κ2) is 4.31. The van der Waals surface area contributed by atoms with E-state index in [1.165, 1.54) is 0 Å². The van der Waals surface area contributed by atoms with Crippen molar-refractivity contribution in [3.05, 3.63) is 0 Å². The fourth-order valence-electron chi connectivity index (χ4n) is 0.707. The highest BCUT2D eigenvalue weighted by atomic mass is 16.2. The van der Waals surface area contributed by atoms with Crippen LogP contribution in [0.15, 0.2) is 0 Å². The first-order chi connectivity index (χ1) is 4.63. The summed E-state index contributed by atoms with van der Waals surface area (Å²) >= 11 is 0. The second-order valence-corrected chi connectivity index (χ2v) is 2.66. The molecule has 0 saturated heterocycles. The number of hydrogen-bond donors (Lipinski definition) is 0. The molecule has 1 atom stereocenters. The first-order valence-electron chi connectivity index (χ1n) is 3.88. The van der Waals surface area contributed by atoms with Crippen LogP contribution in [0.25, 0.3) is 0 Å². The number of rotatable bonds is 3. The van der Waals surface area contributed by atoms with E-state index in [9.17, 15) is 4.79 Å². The molecule has 0 N–H and O–H groups in total. The molecule has 0 aliphatic carbocycles. The molecule has 0 aromatic heterocycles. The standard InChI is InChI=1S/C8H17NO/c1-5-7(3)8(10)9(4)6-2/h7H,5-6H2,1-4H3. The fraction of sp³-hybridized carbons (Fsp3) is 0.875. The molecule has 0 aliphatic heterocycles. The molecule has 0 aromatic rings. The van der Waals surface area contributed by atoms with Gasteiger partial charge in [-0.25, -0.2) is 0 Å². The summed E-state index contributed by atoms with van der Waals surface area (Å²) in [5, 5.41) is 0. The number of carbonyl (C=O) groups is 1. The normalized spacial score (nSPS) is 12.8. The number of amides is 1. The maximum atomic E-state index is 11.2. The maximum Gasteiger partial charge on any atom is 0.225 e. The molecule has 0 spiro atoms. The summed E-state index contributed by atoms with van der Waals surface area (Å²) in [7, 11) is 1.84. The smallest absolute Gasteiger partial charge is 0.225 e. The van der Waals surface area contributed by atoms with Crippen LogP contribution in [-0.4, -0.2) is 24.4 Å². The van der Waals surface area contributed by atoms with Gasteiger partial charge in [-0.2, -0.15) is 0 Å². The summed E-state index contributed by atoms with van der Waals surface area (Å²) in [5.74, 6) is 0.440. The predicted molar refractivity (Wildman–Crippen MR) is 42.8 cm³/mol. The molecule has 1 amide bonds. The van der Waals surface area contributed by atoms with Crippen molar-refractivity contribution in [3.8, 4) is 0 Å². The largest absolute Gasteiger partial charge is 0.346 e. The van der Waals surface area contributed by atoms with Gasteiger partial charge in [0.05, 0.1) is 0 Å². The lowest BCUT2D eigenvalue weighted by molar-refractivity contribution is -0.133. The van der Waals surface area contributed by atoms with Gasteiger partial charge in [-0.05, 0) is 13.3 Å². The van der Waals surface area contributed by atoms with Crippen LogP contribution in [-0.2, 0) is 4.79 Å². The Balaban J connectivity index is 3.82. The van der Waals surface area contributed by atoms with Crippen LogP contribution in [0.5, 0.6) is 0 Å². The third kappa shape index (κ3) is 2.38. The zero-order chi connectivity index (χ0) is 8.15. The van der Waals surface area contributed by atoms with Crippen molar-refractivity contribution in [1.29, 1.82) is 0 Å². The minimum Gasteiger partial charge on any atom is -0.346 e.